The Hall–Kier alpha value is -2.19. The molecule has 3 aromatic rings. The molecule has 0 aliphatic carbocycles. The normalized spacial score (nSPS) is 12.5. The summed E-state index contributed by atoms with van der Waals surface area (Å²) in [4.78, 5) is 4.50. The van der Waals surface area contributed by atoms with E-state index in [9.17, 15) is 5.11 Å². The zero-order valence-corrected chi connectivity index (χ0v) is 9.82. The Morgan fingerprint density at radius 3 is 2.33 bits per heavy atom. The summed E-state index contributed by atoms with van der Waals surface area (Å²) in [7, 11) is 0. The molecule has 1 aromatic heterocycles. The standard InChI is InChI=1S/C16H13NO/c18-16(13-7-2-1-3-8-13)15-11-10-12-6-4-5-9-14(12)17-15/h1-11,16,18H/t16-/m0/s1. The molecule has 0 amide bonds. The third kappa shape index (κ3) is 1.98. The maximum atomic E-state index is 10.3. The van der Waals surface area contributed by atoms with Crippen LogP contribution in [0.1, 0.15) is 17.4 Å². The van der Waals surface area contributed by atoms with Gasteiger partial charge in [-0.3, -0.25) is 0 Å². The van der Waals surface area contributed by atoms with Gasteiger partial charge in [-0.15, -0.1) is 0 Å². The van der Waals surface area contributed by atoms with E-state index in [1.165, 1.54) is 0 Å². The number of para-hydroxylation sites is 1. The van der Waals surface area contributed by atoms with E-state index in [0.29, 0.717) is 5.69 Å². The van der Waals surface area contributed by atoms with Gasteiger partial charge in [-0.1, -0.05) is 54.6 Å². The number of fused-ring (bicyclic) bond motifs is 1. The lowest BCUT2D eigenvalue weighted by atomic mass is 10.1. The molecule has 0 bridgehead atoms. The molecule has 1 N–H and O–H groups in total. The average Bonchev–Trinajstić information content (AvgIpc) is 2.47. The summed E-state index contributed by atoms with van der Waals surface area (Å²) in [6.07, 6.45) is -0.671. The summed E-state index contributed by atoms with van der Waals surface area (Å²) in [5, 5.41) is 11.4. The molecule has 0 fully saturated rings. The first kappa shape index (κ1) is 10.9. The zero-order chi connectivity index (χ0) is 12.4. The Balaban J connectivity index is 2.04. The lowest BCUT2D eigenvalue weighted by Crippen LogP contribution is -2.02. The minimum Gasteiger partial charge on any atom is -0.382 e. The van der Waals surface area contributed by atoms with E-state index in [0.717, 1.165) is 16.5 Å². The molecule has 0 saturated heterocycles. The number of hydrogen-bond donors (Lipinski definition) is 1. The molecule has 18 heavy (non-hydrogen) atoms. The highest BCUT2D eigenvalue weighted by Gasteiger charge is 2.11. The molecule has 0 aliphatic heterocycles. The van der Waals surface area contributed by atoms with Gasteiger partial charge in [0.15, 0.2) is 0 Å². The number of aliphatic hydroxyl groups excluding tert-OH is 1. The first-order valence-electron chi connectivity index (χ1n) is 5.93. The number of nitrogens with zero attached hydrogens (tertiary/aromatic N) is 1. The third-order valence-electron chi connectivity index (χ3n) is 3.02. The van der Waals surface area contributed by atoms with Crippen LogP contribution >= 0.6 is 0 Å². The van der Waals surface area contributed by atoms with Gasteiger partial charge in [-0.05, 0) is 17.7 Å². The maximum absolute atomic E-state index is 10.3. The van der Waals surface area contributed by atoms with Crippen molar-refractivity contribution in [1.29, 1.82) is 0 Å². The highest BCUT2D eigenvalue weighted by molar-refractivity contribution is 5.78. The molecule has 2 heteroatoms. The molecule has 1 atom stereocenters. The number of aromatic nitrogens is 1. The van der Waals surface area contributed by atoms with E-state index < -0.39 is 6.10 Å². The highest BCUT2D eigenvalue weighted by atomic mass is 16.3. The molecule has 3 rings (SSSR count). The molecule has 0 spiro atoms. The van der Waals surface area contributed by atoms with Gasteiger partial charge in [-0.2, -0.15) is 0 Å². The van der Waals surface area contributed by atoms with Crippen molar-refractivity contribution >= 4 is 10.9 Å². The monoisotopic (exact) mass is 235 g/mol. The first-order valence-corrected chi connectivity index (χ1v) is 5.93. The summed E-state index contributed by atoms with van der Waals surface area (Å²) in [5.41, 5.74) is 2.45. The van der Waals surface area contributed by atoms with E-state index in [4.69, 9.17) is 0 Å². The van der Waals surface area contributed by atoms with E-state index in [1.54, 1.807) is 0 Å². The van der Waals surface area contributed by atoms with Crippen molar-refractivity contribution in [2.75, 3.05) is 0 Å². The molecular weight excluding hydrogens is 222 g/mol. The lowest BCUT2D eigenvalue weighted by molar-refractivity contribution is 0.216. The molecular formula is C16H13NO. The van der Waals surface area contributed by atoms with Crippen LogP contribution in [0.5, 0.6) is 0 Å². The van der Waals surface area contributed by atoms with Crippen molar-refractivity contribution in [3.8, 4) is 0 Å². The van der Waals surface area contributed by atoms with Crippen molar-refractivity contribution in [1.82, 2.24) is 4.98 Å². The van der Waals surface area contributed by atoms with Gasteiger partial charge in [0.05, 0.1) is 11.2 Å². The molecule has 1 heterocycles. The Kier molecular flexibility index (Phi) is 2.79. The topological polar surface area (TPSA) is 33.1 Å². The van der Waals surface area contributed by atoms with Crippen LogP contribution in [0.4, 0.5) is 0 Å². The molecule has 2 aromatic carbocycles. The first-order chi connectivity index (χ1) is 8.84. The van der Waals surface area contributed by atoms with Gasteiger partial charge in [-0.25, -0.2) is 4.98 Å². The largest absolute Gasteiger partial charge is 0.382 e. The van der Waals surface area contributed by atoms with Gasteiger partial charge in [0.2, 0.25) is 0 Å². The van der Waals surface area contributed by atoms with Crippen molar-refractivity contribution in [2.45, 2.75) is 6.10 Å². The van der Waals surface area contributed by atoms with Gasteiger partial charge < -0.3 is 5.11 Å². The second-order valence-electron chi connectivity index (χ2n) is 4.24. The van der Waals surface area contributed by atoms with Crippen LogP contribution in [0.25, 0.3) is 10.9 Å². The van der Waals surface area contributed by atoms with E-state index in [1.807, 2.05) is 66.7 Å². The lowest BCUT2D eigenvalue weighted by Gasteiger charge is -2.11. The molecule has 0 aliphatic rings. The van der Waals surface area contributed by atoms with Crippen LogP contribution in [0.3, 0.4) is 0 Å². The fraction of sp³-hybridized carbons (Fsp3) is 0.0625. The van der Waals surface area contributed by atoms with E-state index >= 15 is 0 Å². The Labute approximate surface area is 106 Å². The second kappa shape index (κ2) is 4.59. The molecule has 88 valence electrons. The number of hydrogen-bond acceptors (Lipinski definition) is 2. The fourth-order valence-electron chi connectivity index (χ4n) is 2.04. The summed E-state index contributed by atoms with van der Waals surface area (Å²) in [6.45, 7) is 0. The third-order valence-corrected chi connectivity index (χ3v) is 3.02. The minimum absolute atomic E-state index is 0.671. The van der Waals surface area contributed by atoms with Crippen molar-refractivity contribution in [3.63, 3.8) is 0 Å². The highest BCUT2D eigenvalue weighted by Crippen LogP contribution is 2.22. The van der Waals surface area contributed by atoms with Crippen LogP contribution in [0.15, 0.2) is 66.7 Å². The van der Waals surface area contributed by atoms with Crippen LogP contribution in [0.2, 0.25) is 0 Å². The summed E-state index contributed by atoms with van der Waals surface area (Å²) in [5.74, 6) is 0. The fourth-order valence-corrected chi connectivity index (χ4v) is 2.04. The molecule has 2 nitrogen and oxygen atoms in total. The minimum atomic E-state index is -0.671. The van der Waals surface area contributed by atoms with Gasteiger partial charge in [0.25, 0.3) is 0 Å². The molecule has 0 unspecified atom stereocenters. The van der Waals surface area contributed by atoms with Crippen LogP contribution in [-0.2, 0) is 0 Å². The predicted octanol–water partition coefficient (Wildman–Crippen LogP) is 3.32. The van der Waals surface area contributed by atoms with Gasteiger partial charge >= 0.3 is 0 Å². The quantitative estimate of drug-likeness (QED) is 0.739. The zero-order valence-electron chi connectivity index (χ0n) is 9.82. The smallest absolute Gasteiger partial charge is 0.121 e. The SMILES string of the molecule is O[C@@H](c1ccccc1)c1ccc2ccccc2n1. The van der Waals surface area contributed by atoms with Crippen LogP contribution < -0.4 is 0 Å². The van der Waals surface area contributed by atoms with Crippen LogP contribution in [-0.4, -0.2) is 10.1 Å². The predicted molar refractivity (Wildman–Crippen MR) is 72.2 cm³/mol. The Morgan fingerprint density at radius 2 is 1.50 bits per heavy atom. The van der Waals surface area contributed by atoms with Crippen molar-refractivity contribution in [2.24, 2.45) is 0 Å². The summed E-state index contributed by atoms with van der Waals surface area (Å²) in [6, 6.07) is 21.3. The summed E-state index contributed by atoms with van der Waals surface area (Å²) < 4.78 is 0. The summed E-state index contributed by atoms with van der Waals surface area (Å²) >= 11 is 0. The second-order valence-corrected chi connectivity index (χ2v) is 4.24. The molecule has 0 saturated carbocycles. The van der Waals surface area contributed by atoms with Crippen LogP contribution in [0, 0.1) is 0 Å². The Bertz CT molecular complexity index is 664. The number of pyridine rings is 1. The maximum Gasteiger partial charge on any atom is 0.121 e. The van der Waals surface area contributed by atoms with Crippen molar-refractivity contribution < 1.29 is 5.11 Å². The van der Waals surface area contributed by atoms with Crippen molar-refractivity contribution in [3.05, 3.63) is 78.0 Å². The van der Waals surface area contributed by atoms with E-state index in [-0.39, 0.29) is 0 Å². The Morgan fingerprint density at radius 1 is 0.778 bits per heavy atom. The number of aliphatic hydroxyl groups is 1. The van der Waals surface area contributed by atoms with E-state index in [2.05, 4.69) is 4.98 Å². The average molecular weight is 235 g/mol. The number of benzene rings is 2. The number of rotatable bonds is 2. The molecule has 0 radical (unpaired) electrons. The van der Waals surface area contributed by atoms with Gasteiger partial charge in [0, 0.05) is 5.39 Å². The van der Waals surface area contributed by atoms with Gasteiger partial charge in [0.1, 0.15) is 6.10 Å².